The van der Waals surface area contributed by atoms with Crippen LogP contribution in [0.15, 0.2) is 23.2 Å². The maximum Gasteiger partial charge on any atom is 0.195 e. The molecule has 7 nitrogen and oxygen atoms in total. The SMILES string of the molecule is CN1CCC(CCNC(=NCCCOCC2CC2)Nc2ccc3c(c2)OCCCO3)CC1. The second-order valence-electron chi connectivity index (χ2n) is 9.40. The average molecular weight is 445 g/mol. The number of anilines is 1. The van der Waals surface area contributed by atoms with E-state index in [1.807, 2.05) is 18.2 Å². The fraction of sp³-hybridized carbons (Fsp3) is 0.720. The van der Waals surface area contributed by atoms with Crippen LogP contribution in [0.5, 0.6) is 11.5 Å². The standard InChI is InChI=1S/C25H40N4O3/c1-29-13-9-20(10-14-29)8-12-27-25(26-11-2-15-30-19-21-4-5-21)28-22-6-7-23-24(18-22)32-17-3-16-31-23/h6-7,18,20-21H,2-5,8-17,19H2,1H3,(H2,26,27,28). The lowest BCUT2D eigenvalue weighted by Crippen LogP contribution is -2.35. The van der Waals surface area contributed by atoms with E-state index in [4.69, 9.17) is 19.2 Å². The van der Waals surface area contributed by atoms with E-state index in [1.54, 1.807) is 0 Å². The topological polar surface area (TPSA) is 67.4 Å². The first-order valence-corrected chi connectivity index (χ1v) is 12.5. The molecule has 1 saturated carbocycles. The zero-order valence-corrected chi connectivity index (χ0v) is 19.6. The highest BCUT2D eigenvalue weighted by atomic mass is 16.5. The lowest BCUT2D eigenvalue weighted by molar-refractivity contribution is 0.123. The molecule has 32 heavy (non-hydrogen) atoms. The number of benzene rings is 1. The molecule has 0 bridgehead atoms. The summed E-state index contributed by atoms with van der Waals surface area (Å²) in [4.78, 5) is 7.24. The zero-order chi connectivity index (χ0) is 22.0. The normalized spacial score (nSPS) is 20.1. The largest absolute Gasteiger partial charge is 0.490 e. The Morgan fingerprint density at radius 1 is 1.09 bits per heavy atom. The van der Waals surface area contributed by atoms with Crippen LogP contribution in [-0.2, 0) is 4.74 Å². The highest BCUT2D eigenvalue weighted by Crippen LogP contribution is 2.32. The van der Waals surface area contributed by atoms with Crippen LogP contribution >= 0.6 is 0 Å². The number of fused-ring (bicyclic) bond motifs is 1. The van der Waals surface area contributed by atoms with E-state index >= 15 is 0 Å². The third kappa shape index (κ3) is 7.85. The quantitative estimate of drug-likeness (QED) is 0.325. The summed E-state index contributed by atoms with van der Waals surface area (Å²) in [6.07, 6.45) is 8.28. The molecule has 4 rings (SSSR count). The number of aliphatic imine (C=N–C) groups is 1. The highest BCUT2D eigenvalue weighted by molar-refractivity contribution is 5.93. The summed E-state index contributed by atoms with van der Waals surface area (Å²) in [5.41, 5.74) is 0.963. The van der Waals surface area contributed by atoms with Gasteiger partial charge >= 0.3 is 0 Å². The number of ether oxygens (including phenoxy) is 3. The monoisotopic (exact) mass is 444 g/mol. The second kappa shape index (κ2) is 12.3. The van der Waals surface area contributed by atoms with Crippen molar-refractivity contribution in [2.24, 2.45) is 16.8 Å². The minimum atomic E-state index is 0.688. The first kappa shape index (κ1) is 23.2. The van der Waals surface area contributed by atoms with Crippen molar-refractivity contribution in [1.82, 2.24) is 10.2 Å². The lowest BCUT2D eigenvalue weighted by Gasteiger charge is -2.29. The van der Waals surface area contributed by atoms with Crippen molar-refractivity contribution in [1.29, 1.82) is 0 Å². The van der Waals surface area contributed by atoms with E-state index in [2.05, 4.69) is 22.6 Å². The van der Waals surface area contributed by atoms with Crippen molar-refractivity contribution < 1.29 is 14.2 Å². The summed E-state index contributed by atoms with van der Waals surface area (Å²) in [6, 6.07) is 6.01. The Morgan fingerprint density at radius 3 is 2.72 bits per heavy atom. The van der Waals surface area contributed by atoms with Crippen molar-refractivity contribution in [2.75, 3.05) is 65.0 Å². The van der Waals surface area contributed by atoms with Gasteiger partial charge in [0.05, 0.1) is 13.2 Å². The third-order valence-corrected chi connectivity index (χ3v) is 6.46. The molecule has 1 saturated heterocycles. The Kier molecular flexibility index (Phi) is 8.91. The predicted molar refractivity (Wildman–Crippen MR) is 129 cm³/mol. The molecule has 3 aliphatic rings. The molecular weight excluding hydrogens is 404 g/mol. The van der Waals surface area contributed by atoms with Gasteiger partial charge in [-0.15, -0.1) is 0 Å². The van der Waals surface area contributed by atoms with E-state index in [0.717, 1.165) is 74.1 Å². The van der Waals surface area contributed by atoms with Gasteiger partial charge in [0, 0.05) is 44.5 Å². The molecule has 0 amide bonds. The molecule has 0 radical (unpaired) electrons. The molecule has 2 aliphatic heterocycles. The Bertz CT molecular complexity index is 730. The minimum Gasteiger partial charge on any atom is -0.490 e. The second-order valence-corrected chi connectivity index (χ2v) is 9.40. The first-order chi connectivity index (χ1) is 15.8. The molecule has 1 aliphatic carbocycles. The summed E-state index contributed by atoms with van der Waals surface area (Å²) in [5.74, 6) is 4.06. The zero-order valence-electron chi connectivity index (χ0n) is 19.6. The minimum absolute atomic E-state index is 0.688. The molecule has 2 heterocycles. The Hall–Kier alpha value is -1.99. The molecule has 0 atom stereocenters. The van der Waals surface area contributed by atoms with Crippen molar-refractivity contribution in [3.63, 3.8) is 0 Å². The van der Waals surface area contributed by atoms with Gasteiger partial charge in [0.15, 0.2) is 17.5 Å². The molecule has 2 N–H and O–H groups in total. The summed E-state index contributed by atoms with van der Waals surface area (Å²) < 4.78 is 17.4. The lowest BCUT2D eigenvalue weighted by atomic mass is 9.94. The van der Waals surface area contributed by atoms with Gasteiger partial charge in [0.1, 0.15) is 0 Å². The number of piperidine rings is 1. The Morgan fingerprint density at radius 2 is 1.91 bits per heavy atom. The van der Waals surface area contributed by atoms with Crippen LogP contribution in [0.3, 0.4) is 0 Å². The van der Waals surface area contributed by atoms with Crippen LogP contribution in [0.4, 0.5) is 5.69 Å². The molecule has 178 valence electrons. The van der Waals surface area contributed by atoms with E-state index < -0.39 is 0 Å². The van der Waals surface area contributed by atoms with Crippen LogP contribution in [0, 0.1) is 11.8 Å². The van der Waals surface area contributed by atoms with Gasteiger partial charge in [0.25, 0.3) is 0 Å². The number of hydrogen-bond donors (Lipinski definition) is 2. The van der Waals surface area contributed by atoms with Crippen molar-refractivity contribution in [2.45, 2.75) is 44.9 Å². The molecular formula is C25H40N4O3. The van der Waals surface area contributed by atoms with Gasteiger partial charge in [-0.1, -0.05) is 0 Å². The summed E-state index contributed by atoms with van der Waals surface area (Å²) >= 11 is 0. The van der Waals surface area contributed by atoms with Crippen LogP contribution < -0.4 is 20.1 Å². The molecule has 2 fully saturated rings. The molecule has 1 aromatic carbocycles. The average Bonchev–Trinajstić information content (AvgIpc) is 3.64. The fourth-order valence-corrected chi connectivity index (χ4v) is 4.15. The van der Waals surface area contributed by atoms with Gasteiger partial charge in [-0.3, -0.25) is 4.99 Å². The van der Waals surface area contributed by atoms with Crippen LogP contribution in [0.2, 0.25) is 0 Å². The Labute approximate surface area is 192 Å². The van der Waals surface area contributed by atoms with Crippen LogP contribution in [0.1, 0.15) is 44.9 Å². The van der Waals surface area contributed by atoms with E-state index in [1.165, 1.54) is 45.2 Å². The summed E-state index contributed by atoms with van der Waals surface area (Å²) in [7, 11) is 2.22. The number of hydrogen-bond acceptors (Lipinski definition) is 5. The van der Waals surface area contributed by atoms with E-state index in [-0.39, 0.29) is 0 Å². The number of nitrogens with one attached hydrogen (secondary N) is 2. The number of likely N-dealkylation sites (tertiary alicyclic amines) is 1. The fourth-order valence-electron chi connectivity index (χ4n) is 4.15. The van der Waals surface area contributed by atoms with Gasteiger partial charge in [0.2, 0.25) is 0 Å². The van der Waals surface area contributed by atoms with Crippen molar-refractivity contribution >= 4 is 11.6 Å². The van der Waals surface area contributed by atoms with Crippen LogP contribution in [0.25, 0.3) is 0 Å². The molecule has 0 aromatic heterocycles. The first-order valence-electron chi connectivity index (χ1n) is 12.5. The highest BCUT2D eigenvalue weighted by Gasteiger charge is 2.21. The number of nitrogens with zero attached hydrogens (tertiary/aromatic N) is 2. The number of guanidine groups is 1. The molecule has 7 heteroatoms. The van der Waals surface area contributed by atoms with Crippen molar-refractivity contribution in [3.8, 4) is 11.5 Å². The van der Waals surface area contributed by atoms with Gasteiger partial charge < -0.3 is 29.7 Å². The maximum atomic E-state index is 5.84. The number of rotatable bonds is 10. The van der Waals surface area contributed by atoms with Crippen LogP contribution in [-0.4, -0.2) is 70.5 Å². The third-order valence-electron chi connectivity index (χ3n) is 6.46. The maximum absolute atomic E-state index is 5.84. The Balaban J connectivity index is 1.28. The summed E-state index contributed by atoms with van der Waals surface area (Å²) in [5, 5.41) is 7.02. The van der Waals surface area contributed by atoms with E-state index in [9.17, 15) is 0 Å². The molecule has 0 spiro atoms. The molecule has 0 unspecified atom stereocenters. The van der Waals surface area contributed by atoms with E-state index in [0.29, 0.717) is 13.2 Å². The summed E-state index contributed by atoms with van der Waals surface area (Å²) in [6.45, 7) is 7.19. The van der Waals surface area contributed by atoms with Crippen molar-refractivity contribution in [3.05, 3.63) is 18.2 Å². The predicted octanol–water partition coefficient (Wildman–Crippen LogP) is 3.75. The van der Waals surface area contributed by atoms with Gasteiger partial charge in [-0.05, 0) is 82.6 Å². The molecule has 1 aromatic rings. The smallest absolute Gasteiger partial charge is 0.195 e. The van der Waals surface area contributed by atoms with Gasteiger partial charge in [-0.2, -0.15) is 0 Å². The van der Waals surface area contributed by atoms with Gasteiger partial charge in [-0.25, -0.2) is 0 Å².